The highest BCUT2D eigenvalue weighted by atomic mass is 16.6. The number of nitrogens with one attached hydrogen (secondary N) is 2. The van der Waals surface area contributed by atoms with Gasteiger partial charge in [0.05, 0.1) is 13.1 Å². The van der Waals surface area contributed by atoms with Crippen molar-refractivity contribution < 1.29 is 9.47 Å². The lowest BCUT2D eigenvalue weighted by Gasteiger charge is -2.27. The van der Waals surface area contributed by atoms with Gasteiger partial charge in [-0.15, -0.1) is 0 Å². The van der Waals surface area contributed by atoms with Gasteiger partial charge in [0.25, 0.3) is 0 Å². The van der Waals surface area contributed by atoms with E-state index in [9.17, 15) is 0 Å². The quantitative estimate of drug-likeness (QED) is 0.494. The highest BCUT2D eigenvalue weighted by molar-refractivity contribution is 5.79. The summed E-state index contributed by atoms with van der Waals surface area (Å²) >= 11 is 0. The predicted octanol–water partition coefficient (Wildman–Crippen LogP) is 2.16. The minimum atomic E-state index is -0.0810. The van der Waals surface area contributed by atoms with Crippen LogP contribution in [0, 0.1) is 0 Å². The lowest BCUT2D eigenvalue weighted by Crippen LogP contribution is -2.45. The van der Waals surface area contributed by atoms with Gasteiger partial charge in [0, 0.05) is 25.1 Å². The third-order valence-corrected chi connectivity index (χ3v) is 4.41. The molecule has 8 nitrogen and oxygen atoms in total. The fraction of sp³-hybridized carbons (Fsp3) is 0.286. The predicted molar refractivity (Wildman–Crippen MR) is 111 cm³/mol. The molecule has 1 aromatic carbocycles. The van der Waals surface area contributed by atoms with E-state index in [1.807, 2.05) is 54.1 Å². The van der Waals surface area contributed by atoms with Crippen LogP contribution < -0.4 is 20.1 Å². The van der Waals surface area contributed by atoms with Crippen LogP contribution in [0.3, 0.4) is 0 Å². The topological polar surface area (TPSA) is 85.6 Å². The van der Waals surface area contributed by atoms with E-state index in [4.69, 9.17) is 9.47 Å². The third-order valence-electron chi connectivity index (χ3n) is 4.41. The van der Waals surface area contributed by atoms with Crippen molar-refractivity contribution in [1.82, 2.24) is 25.2 Å². The Kier molecular flexibility index (Phi) is 5.89. The van der Waals surface area contributed by atoms with E-state index in [1.54, 1.807) is 18.7 Å². The molecule has 2 aromatic heterocycles. The molecule has 0 saturated carbocycles. The standard InChI is InChI=1S/C21H24N6O2/c1-2-23-21(26-13-17-14-28-18-5-3-4-6-19(18)29-17)25-12-16-7-8-24-20(11-16)27-10-9-22-15-27/h3-11,15,17H,2,12-14H2,1H3,(H2,23,25,26). The summed E-state index contributed by atoms with van der Waals surface area (Å²) in [7, 11) is 0. The Morgan fingerprint density at radius 2 is 2.10 bits per heavy atom. The number of pyridine rings is 1. The normalized spacial score (nSPS) is 15.8. The molecule has 0 radical (unpaired) electrons. The van der Waals surface area contributed by atoms with Crippen molar-refractivity contribution in [1.29, 1.82) is 0 Å². The van der Waals surface area contributed by atoms with Crippen LogP contribution in [0.15, 0.2) is 66.3 Å². The Morgan fingerprint density at radius 1 is 1.21 bits per heavy atom. The Morgan fingerprint density at radius 3 is 2.93 bits per heavy atom. The molecule has 150 valence electrons. The van der Waals surface area contributed by atoms with Crippen LogP contribution in [0.25, 0.3) is 5.82 Å². The van der Waals surface area contributed by atoms with Gasteiger partial charge >= 0.3 is 0 Å². The van der Waals surface area contributed by atoms with Gasteiger partial charge in [-0.05, 0) is 36.8 Å². The maximum atomic E-state index is 5.99. The molecule has 0 fully saturated rings. The summed E-state index contributed by atoms with van der Waals surface area (Å²) < 4.78 is 13.6. The first-order chi connectivity index (χ1) is 14.3. The number of para-hydroxylation sites is 2. The van der Waals surface area contributed by atoms with Crippen molar-refractivity contribution in [2.45, 2.75) is 19.6 Å². The van der Waals surface area contributed by atoms with Crippen molar-refractivity contribution in [3.8, 4) is 17.3 Å². The molecule has 1 atom stereocenters. The molecule has 8 heteroatoms. The molecule has 29 heavy (non-hydrogen) atoms. The molecule has 3 heterocycles. The molecule has 0 saturated heterocycles. The van der Waals surface area contributed by atoms with E-state index in [0.29, 0.717) is 19.7 Å². The van der Waals surface area contributed by atoms with Crippen LogP contribution in [-0.2, 0) is 6.54 Å². The lowest BCUT2D eigenvalue weighted by atomic mass is 10.2. The average molecular weight is 392 g/mol. The molecular weight excluding hydrogens is 368 g/mol. The van der Waals surface area contributed by atoms with E-state index in [2.05, 4.69) is 25.6 Å². The Hall–Kier alpha value is -3.55. The van der Waals surface area contributed by atoms with Gasteiger partial charge in [-0.2, -0.15) is 0 Å². The monoisotopic (exact) mass is 392 g/mol. The van der Waals surface area contributed by atoms with Crippen molar-refractivity contribution >= 4 is 5.96 Å². The van der Waals surface area contributed by atoms with Crippen LogP contribution in [0.2, 0.25) is 0 Å². The van der Waals surface area contributed by atoms with E-state index < -0.39 is 0 Å². The number of nitrogens with zero attached hydrogens (tertiary/aromatic N) is 4. The molecule has 0 aliphatic carbocycles. The molecule has 2 N–H and O–H groups in total. The largest absolute Gasteiger partial charge is 0.486 e. The number of aliphatic imine (C=N–C) groups is 1. The SMILES string of the molecule is CCNC(=NCc1ccnc(-n2ccnc2)c1)NCC1COc2ccccc2O1. The second kappa shape index (κ2) is 9.09. The number of hydrogen-bond donors (Lipinski definition) is 2. The lowest BCUT2D eigenvalue weighted by molar-refractivity contribution is 0.0936. The fourth-order valence-electron chi connectivity index (χ4n) is 2.98. The van der Waals surface area contributed by atoms with Gasteiger partial charge < -0.3 is 20.1 Å². The zero-order chi connectivity index (χ0) is 19.9. The summed E-state index contributed by atoms with van der Waals surface area (Å²) in [4.78, 5) is 13.1. The smallest absolute Gasteiger partial charge is 0.191 e. The molecule has 3 aromatic rings. The number of aromatic nitrogens is 3. The summed E-state index contributed by atoms with van der Waals surface area (Å²) in [5.74, 6) is 3.11. The summed E-state index contributed by atoms with van der Waals surface area (Å²) in [5, 5.41) is 6.60. The zero-order valence-electron chi connectivity index (χ0n) is 16.3. The highest BCUT2D eigenvalue weighted by Crippen LogP contribution is 2.30. The van der Waals surface area contributed by atoms with Gasteiger partial charge in [0.1, 0.15) is 24.9 Å². The number of fused-ring (bicyclic) bond motifs is 1. The zero-order valence-corrected chi connectivity index (χ0v) is 16.3. The van der Waals surface area contributed by atoms with Gasteiger partial charge in [-0.3, -0.25) is 4.57 Å². The summed E-state index contributed by atoms with van der Waals surface area (Å²) in [6, 6.07) is 11.7. The minimum absolute atomic E-state index is 0.0810. The van der Waals surface area contributed by atoms with Crippen molar-refractivity contribution in [2.75, 3.05) is 19.7 Å². The number of rotatable bonds is 6. The Balaban J connectivity index is 1.37. The molecule has 1 aliphatic rings. The van der Waals surface area contributed by atoms with Crippen LogP contribution in [0.5, 0.6) is 11.5 Å². The molecule has 0 bridgehead atoms. The Bertz CT molecular complexity index is 957. The van der Waals surface area contributed by atoms with Gasteiger partial charge in [-0.1, -0.05) is 12.1 Å². The van der Waals surface area contributed by atoms with Gasteiger partial charge in [0.2, 0.25) is 0 Å². The summed E-state index contributed by atoms with van der Waals surface area (Å²) in [5.41, 5.74) is 1.06. The maximum absolute atomic E-state index is 5.99. The van der Waals surface area contributed by atoms with E-state index in [-0.39, 0.29) is 6.10 Å². The fourth-order valence-corrected chi connectivity index (χ4v) is 2.98. The van der Waals surface area contributed by atoms with Crippen molar-refractivity contribution in [2.24, 2.45) is 4.99 Å². The highest BCUT2D eigenvalue weighted by Gasteiger charge is 2.20. The van der Waals surface area contributed by atoms with E-state index >= 15 is 0 Å². The Labute approximate surface area is 169 Å². The number of hydrogen-bond acceptors (Lipinski definition) is 5. The second-order valence-electron chi connectivity index (χ2n) is 6.57. The molecule has 4 rings (SSSR count). The molecule has 0 amide bonds. The summed E-state index contributed by atoms with van der Waals surface area (Å²) in [6.07, 6.45) is 7.03. The molecule has 0 spiro atoms. The van der Waals surface area contributed by atoms with Crippen LogP contribution in [-0.4, -0.2) is 46.3 Å². The van der Waals surface area contributed by atoms with Crippen molar-refractivity contribution in [3.05, 3.63) is 66.9 Å². The molecule has 1 unspecified atom stereocenters. The summed E-state index contributed by atoms with van der Waals surface area (Å²) in [6.45, 7) is 4.44. The molecule has 1 aliphatic heterocycles. The number of guanidine groups is 1. The van der Waals surface area contributed by atoms with Gasteiger partial charge in [-0.25, -0.2) is 15.0 Å². The first kappa shape index (κ1) is 18.8. The number of ether oxygens (including phenoxy) is 2. The van der Waals surface area contributed by atoms with E-state index in [0.717, 1.165) is 35.4 Å². The van der Waals surface area contributed by atoms with Crippen LogP contribution in [0.4, 0.5) is 0 Å². The van der Waals surface area contributed by atoms with Crippen LogP contribution >= 0.6 is 0 Å². The third kappa shape index (κ3) is 4.84. The average Bonchev–Trinajstić information content (AvgIpc) is 3.31. The second-order valence-corrected chi connectivity index (χ2v) is 6.57. The van der Waals surface area contributed by atoms with Crippen molar-refractivity contribution in [3.63, 3.8) is 0 Å². The first-order valence-corrected chi connectivity index (χ1v) is 9.65. The molecular formula is C21H24N6O2. The first-order valence-electron chi connectivity index (χ1n) is 9.65. The minimum Gasteiger partial charge on any atom is -0.486 e. The number of benzene rings is 1. The van der Waals surface area contributed by atoms with E-state index in [1.165, 1.54) is 0 Å². The van der Waals surface area contributed by atoms with Crippen LogP contribution in [0.1, 0.15) is 12.5 Å². The van der Waals surface area contributed by atoms with Gasteiger partial charge in [0.15, 0.2) is 17.5 Å². The number of imidazole rings is 1. The maximum Gasteiger partial charge on any atom is 0.191 e.